The lowest BCUT2D eigenvalue weighted by Gasteiger charge is -2.08. The number of benzene rings is 3. The van der Waals surface area contributed by atoms with Gasteiger partial charge in [-0.2, -0.15) is 0 Å². The minimum absolute atomic E-state index is 0.0187. The number of anilines is 2. The molecule has 0 aliphatic carbocycles. The molecule has 3 N–H and O–H groups in total. The number of nitro groups is 1. The van der Waals surface area contributed by atoms with Crippen LogP contribution in [0.4, 0.5) is 17.1 Å². The first-order valence-corrected chi connectivity index (χ1v) is 8.67. The standard InChI is InChI=1S/C22H17N3O4/c23-18-6-2-3-7-19(18)24-22(27)16-12-9-15(10-13-16)11-14-21(26)17-5-1-4-8-20(17)25(28)29/h1-14H,23H2,(H,24,27)/b14-11+. The first-order chi connectivity index (χ1) is 14.0. The molecule has 0 aromatic heterocycles. The summed E-state index contributed by atoms with van der Waals surface area (Å²) in [6, 6.07) is 19.3. The quantitative estimate of drug-likeness (QED) is 0.215. The molecule has 0 aliphatic rings. The van der Waals surface area contributed by atoms with Crippen LogP contribution in [0.25, 0.3) is 6.08 Å². The second-order valence-electron chi connectivity index (χ2n) is 6.14. The van der Waals surface area contributed by atoms with E-state index in [1.54, 1.807) is 54.6 Å². The van der Waals surface area contributed by atoms with Gasteiger partial charge in [0.1, 0.15) is 0 Å². The average Bonchev–Trinajstić information content (AvgIpc) is 2.74. The molecular formula is C22H17N3O4. The van der Waals surface area contributed by atoms with Crippen molar-refractivity contribution in [1.82, 2.24) is 0 Å². The van der Waals surface area contributed by atoms with Gasteiger partial charge in [0.2, 0.25) is 0 Å². The lowest BCUT2D eigenvalue weighted by Crippen LogP contribution is -2.12. The Kier molecular flexibility index (Phi) is 5.80. The number of ketones is 1. The number of nitrogens with two attached hydrogens (primary N) is 1. The van der Waals surface area contributed by atoms with E-state index in [0.29, 0.717) is 22.5 Å². The van der Waals surface area contributed by atoms with Crippen LogP contribution in [-0.4, -0.2) is 16.6 Å². The molecule has 3 aromatic carbocycles. The molecule has 0 radical (unpaired) electrons. The largest absolute Gasteiger partial charge is 0.397 e. The van der Waals surface area contributed by atoms with E-state index in [-0.39, 0.29) is 17.2 Å². The minimum Gasteiger partial charge on any atom is -0.397 e. The van der Waals surface area contributed by atoms with Crippen LogP contribution in [-0.2, 0) is 0 Å². The third-order valence-electron chi connectivity index (χ3n) is 4.18. The van der Waals surface area contributed by atoms with Gasteiger partial charge >= 0.3 is 0 Å². The Labute approximate surface area is 166 Å². The molecule has 0 aliphatic heterocycles. The number of carbonyl (C=O) groups is 2. The molecule has 0 heterocycles. The fourth-order valence-corrected chi connectivity index (χ4v) is 2.65. The molecule has 0 saturated carbocycles. The maximum atomic E-state index is 12.3. The molecular weight excluding hydrogens is 370 g/mol. The highest BCUT2D eigenvalue weighted by Crippen LogP contribution is 2.20. The second-order valence-corrected chi connectivity index (χ2v) is 6.14. The smallest absolute Gasteiger partial charge is 0.280 e. The topological polar surface area (TPSA) is 115 Å². The number of carbonyl (C=O) groups excluding carboxylic acids is 2. The third-order valence-corrected chi connectivity index (χ3v) is 4.18. The molecule has 7 heteroatoms. The van der Waals surface area contributed by atoms with Gasteiger partial charge in [0.15, 0.2) is 5.78 Å². The number of hydrogen-bond donors (Lipinski definition) is 2. The minimum atomic E-state index is -0.589. The summed E-state index contributed by atoms with van der Waals surface area (Å²) < 4.78 is 0. The number of nitrogens with zero attached hydrogens (tertiary/aromatic N) is 1. The molecule has 144 valence electrons. The predicted octanol–water partition coefficient (Wildman–Crippen LogP) is 4.33. The monoisotopic (exact) mass is 387 g/mol. The normalized spacial score (nSPS) is 10.6. The number of rotatable bonds is 6. The summed E-state index contributed by atoms with van der Waals surface area (Å²) >= 11 is 0. The SMILES string of the molecule is Nc1ccccc1NC(=O)c1ccc(/C=C/C(=O)c2ccccc2[N+](=O)[O-])cc1. The zero-order valence-corrected chi connectivity index (χ0v) is 15.2. The van der Waals surface area contributed by atoms with Crippen LogP contribution in [0.5, 0.6) is 0 Å². The molecule has 0 bridgehead atoms. The summed E-state index contributed by atoms with van der Waals surface area (Å²) in [6.45, 7) is 0. The van der Waals surface area contributed by atoms with E-state index in [1.165, 1.54) is 30.4 Å². The van der Waals surface area contributed by atoms with E-state index in [9.17, 15) is 19.7 Å². The van der Waals surface area contributed by atoms with E-state index in [2.05, 4.69) is 5.32 Å². The molecule has 3 rings (SSSR count). The molecule has 0 saturated heterocycles. The Morgan fingerprint density at radius 1 is 0.931 bits per heavy atom. The van der Waals surface area contributed by atoms with Crippen molar-refractivity contribution in [1.29, 1.82) is 0 Å². The highest BCUT2D eigenvalue weighted by molar-refractivity contribution is 6.09. The summed E-state index contributed by atoms with van der Waals surface area (Å²) in [4.78, 5) is 35.1. The number of amides is 1. The number of allylic oxidation sites excluding steroid dienone is 1. The fraction of sp³-hybridized carbons (Fsp3) is 0. The lowest BCUT2D eigenvalue weighted by atomic mass is 10.1. The van der Waals surface area contributed by atoms with Gasteiger partial charge in [-0.3, -0.25) is 19.7 Å². The van der Waals surface area contributed by atoms with E-state index < -0.39 is 10.7 Å². The van der Waals surface area contributed by atoms with Gasteiger partial charge in [0.25, 0.3) is 11.6 Å². The maximum absolute atomic E-state index is 12.3. The molecule has 3 aromatic rings. The van der Waals surface area contributed by atoms with Gasteiger partial charge in [-0.1, -0.05) is 42.5 Å². The van der Waals surface area contributed by atoms with Crippen LogP contribution < -0.4 is 11.1 Å². The van der Waals surface area contributed by atoms with Crippen molar-refractivity contribution in [3.8, 4) is 0 Å². The Hall–Kier alpha value is -4.26. The van der Waals surface area contributed by atoms with Crippen molar-refractivity contribution in [2.75, 3.05) is 11.1 Å². The average molecular weight is 387 g/mol. The van der Waals surface area contributed by atoms with Gasteiger partial charge in [0, 0.05) is 11.6 Å². The van der Waals surface area contributed by atoms with E-state index in [0.717, 1.165) is 0 Å². The summed E-state index contributed by atoms with van der Waals surface area (Å²) in [5, 5.41) is 13.8. The van der Waals surface area contributed by atoms with Crippen LogP contribution in [0.2, 0.25) is 0 Å². The molecule has 29 heavy (non-hydrogen) atoms. The Morgan fingerprint density at radius 2 is 1.59 bits per heavy atom. The highest BCUT2D eigenvalue weighted by Gasteiger charge is 2.16. The first kappa shape index (κ1) is 19.5. The Balaban J connectivity index is 1.71. The van der Waals surface area contributed by atoms with E-state index >= 15 is 0 Å². The summed E-state index contributed by atoms with van der Waals surface area (Å²) in [5.41, 5.74) is 7.69. The lowest BCUT2D eigenvalue weighted by molar-refractivity contribution is -0.385. The van der Waals surface area contributed by atoms with E-state index in [1.807, 2.05) is 0 Å². The zero-order valence-electron chi connectivity index (χ0n) is 15.2. The second kappa shape index (κ2) is 8.62. The molecule has 0 atom stereocenters. The van der Waals surface area contributed by atoms with Crippen molar-refractivity contribution < 1.29 is 14.5 Å². The van der Waals surface area contributed by atoms with Crippen LogP contribution in [0.3, 0.4) is 0 Å². The van der Waals surface area contributed by atoms with E-state index in [4.69, 9.17) is 5.73 Å². The van der Waals surface area contributed by atoms with Gasteiger partial charge < -0.3 is 11.1 Å². The van der Waals surface area contributed by atoms with Crippen molar-refractivity contribution in [2.24, 2.45) is 0 Å². The summed E-state index contributed by atoms with van der Waals surface area (Å²) in [5.74, 6) is -0.784. The number of nitrogens with one attached hydrogen (secondary N) is 1. The molecule has 0 fully saturated rings. The molecule has 0 unspecified atom stereocenters. The van der Waals surface area contributed by atoms with Gasteiger partial charge in [0.05, 0.1) is 21.9 Å². The van der Waals surface area contributed by atoms with Gasteiger partial charge in [-0.15, -0.1) is 0 Å². The highest BCUT2D eigenvalue weighted by atomic mass is 16.6. The molecule has 7 nitrogen and oxygen atoms in total. The number of nitro benzene ring substituents is 1. The summed E-state index contributed by atoms with van der Waals surface area (Å²) in [7, 11) is 0. The maximum Gasteiger partial charge on any atom is 0.280 e. The van der Waals surface area contributed by atoms with Crippen molar-refractivity contribution >= 4 is 34.8 Å². The van der Waals surface area contributed by atoms with Crippen molar-refractivity contribution in [3.05, 3.63) is 106 Å². The number of para-hydroxylation sites is 3. The number of nitrogen functional groups attached to an aromatic ring is 1. The van der Waals surface area contributed by atoms with Gasteiger partial charge in [-0.05, 0) is 42.0 Å². The molecule has 0 spiro atoms. The van der Waals surface area contributed by atoms with Crippen molar-refractivity contribution in [2.45, 2.75) is 0 Å². The van der Waals surface area contributed by atoms with Crippen LogP contribution in [0.15, 0.2) is 78.9 Å². The summed E-state index contributed by atoms with van der Waals surface area (Å²) in [6.07, 6.45) is 2.80. The van der Waals surface area contributed by atoms with Gasteiger partial charge in [-0.25, -0.2) is 0 Å². The zero-order chi connectivity index (χ0) is 20.8. The predicted molar refractivity (Wildman–Crippen MR) is 112 cm³/mol. The first-order valence-electron chi connectivity index (χ1n) is 8.67. The fourth-order valence-electron chi connectivity index (χ4n) is 2.65. The number of hydrogen-bond acceptors (Lipinski definition) is 5. The Morgan fingerprint density at radius 3 is 2.28 bits per heavy atom. The van der Waals surface area contributed by atoms with Crippen LogP contribution >= 0.6 is 0 Å². The van der Waals surface area contributed by atoms with Crippen LogP contribution in [0, 0.1) is 10.1 Å². The Bertz CT molecular complexity index is 1110. The van der Waals surface area contributed by atoms with Crippen molar-refractivity contribution in [3.63, 3.8) is 0 Å². The van der Waals surface area contributed by atoms with Crippen LogP contribution in [0.1, 0.15) is 26.3 Å². The molecule has 1 amide bonds. The third kappa shape index (κ3) is 4.72.